The lowest BCUT2D eigenvalue weighted by atomic mass is 9.99. The average molecular weight is 408 g/mol. The van der Waals surface area contributed by atoms with Crippen molar-refractivity contribution in [1.29, 1.82) is 0 Å². The van der Waals surface area contributed by atoms with Gasteiger partial charge in [-0.1, -0.05) is 20.8 Å². The third-order valence-electron chi connectivity index (χ3n) is 5.16. The van der Waals surface area contributed by atoms with Gasteiger partial charge >= 0.3 is 6.09 Å². The molecule has 1 fully saturated rings. The van der Waals surface area contributed by atoms with Crippen molar-refractivity contribution in [3.05, 3.63) is 0 Å². The molecule has 6 nitrogen and oxygen atoms in total. The molecule has 0 aromatic rings. The van der Waals surface area contributed by atoms with Crippen LogP contribution < -0.4 is 0 Å². The molecule has 0 radical (unpaired) electrons. The van der Waals surface area contributed by atoms with E-state index >= 15 is 0 Å². The zero-order valence-electron chi connectivity index (χ0n) is 17.7. The van der Waals surface area contributed by atoms with E-state index in [9.17, 15) is 13.2 Å². The number of rotatable bonds is 5. The van der Waals surface area contributed by atoms with Gasteiger partial charge in [-0.15, -0.1) is 0 Å². The first-order valence-corrected chi connectivity index (χ1v) is 14.1. The molecule has 0 aromatic heterocycles. The molecule has 26 heavy (non-hydrogen) atoms. The van der Waals surface area contributed by atoms with E-state index in [2.05, 4.69) is 33.9 Å². The molecule has 0 saturated carbocycles. The van der Waals surface area contributed by atoms with E-state index in [1.54, 1.807) is 4.90 Å². The number of sulfone groups is 1. The molecule has 1 heterocycles. The maximum atomic E-state index is 12.5. The molecular formula is C18H37NO5SSi. The van der Waals surface area contributed by atoms with E-state index in [4.69, 9.17) is 9.16 Å². The normalized spacial score (nSPS) is 18.1. The van der Waals surface area contributed by atoms with Gasteiger partial charge in [-0.05, 0) is 57.7 Å². The van der Waals surface area contributed by atoms with Crippen LogP contribution in [0.25, 0.3) is 0 Å². The van der Waals surface area contributed by atoms with Crippen molar-refractivity contribution in [1.82, 2.24) is 4.90 Å². The van der Waals surface area contributed by atoms with Gasteiger partial charge in [-0.25, -0.2) is 13.2 Å². The molecule has 0 atom stereocenters. The van der Waals surface area contributed by atoms with Crippen LogP contribution in [-0.2, 0) is 19.0 Å². The monoisotopic (exact) mass is 407 g/mol. The Morgan fingerprint density at radius 3 is 2.00 bits per heavy atom. The van der Waals surface area contributed by atoms with Gasteiger partial charge in [-0.3, -0.25) is 0 Å². The lowest BCUT2D eigenvalue weighted by Crippen LogP contribution is -2.44. The highest BCUT2D eigenvalue weighted by Gasteiger charge is 2.38. The second-order valence-electron chi connectivity index (χ2n) is 9.84. The van der Waals surface area contributed by atoms with Gasteiger partial charge in [0, 0.05) is 13.1 Å². The molecular weight excluding hydrogens is 370 g/mol. The fourth-order valence-corrected chi connectivity index (χ4v) is 5.95. The minimum Gasteiger partial charge on any atom is -0.444 e. The highest BCUT2D eigenvalue weighted by molar-refractivity contribution is 7.91. The topological polar surface area (TPSA) is 72.9 Å². The van der Waals surface area contributed by atoms with Crippen molar-refractivity contribution in [3.63, 3.8) is 0 Å². The zero-order chi connectivity index (χ0) is 20.4. The number of carbonyl (C=O) groups excluding carboxylic acids is 1. The van der Waals surface area contributed by atoms with Gasteiger partial charge in [-0.2, -0.15) is 0 Å². The number of hydrogen-bond donors (Lipinski definition) is 0. The minimum atomic E-state index is -3.26. The van der Waals surface area contributed by atoms with Gasteiger partial charge in [0.2, 0.25) is 0 Å². The molecule has 154 valence electrons. The minimum absolute atomic E-state index is 0.0126. The highest BCUT2D eigenvalue weighted by atomic mass is 32.2. The molecule has 1 aliphatic heterocycles. The van der Waals surface area contributed by atoms with Crippen LogP contribution >= 0.6 is 0 Å². The second-order valence-corrected chi connectivity index (χ2v) is 16.7. The Labute approximate surface area is 160 Å². The third-order valence-corrected chi connectivity index (χ3v) is 11.3. The number of nitrogens with zero attached hydrogens (tertiary/aromatic N) is 1. The van der Waals surface area contributed by atoms with E-state index in [1.165, 1.54) is 0 Å². The molecule has 0 unspecified atom stereocenters. The Balaban J connectivity index is 2.50. The molecule has 1 amide bonds. The average Bonchev–Trinajstić information content (AvgIpc) is 2.43. The van der Waals surface area contributed by atoms with Crippen LogP contribution in [-0.4, -0.2) is 58.1 Å². The van der Waals surface area contributed by atoms with Gasteiger partial charge in [0.05, 0.1) is 5.75 Å². The number of likely N-dealkylation sites (tertiary alicyclic amines) is 1. The predicted molar refractivity (Wildman–Crippen MR) is 107 cm³/mol. The van der Waals surface area contributed by atoms with Crippen molar-refractivity contribution in [2.75, 3.05) is 24.8 Å². The number of hydrogen-bond acceptors (Lipinski definition) is 5. The van der Waals surface area contributed by atoms with Crippen molar-refractivity contribution in [2.24, 2.45) is 5.92 Å². The van der Waals surface area contributed by atoms with Crippen molar-refractivity contribution < 1.29 is 22.4 Å². The summed E-state index contributed by atoms with van der Waals surface area (Å²) in [7, 11) is -5.34. The van der Waals surface area contributed by atoms with E-state index in [-0.39, 0.29) is 28.7 Å². The summed E-state index contributed by atoms with van der Waals surface area (Å²) in [5.74, 6) is 0.00113. The van der Waals surface area contributed by atoms with Gasteiger partial charge in [0.25, 0.3) is 0 Å². The van der Waals surface area contributed by atoms with E-state index in [1.807, 2.05) is 20.8 Å². The number of ether oxygens (including phenoxy) is 1. The van der Waals surface area contributed by atoms with Crippen LogP contribution in [0, 0.1) is 5.92 Å². The second kappa shape index (κ2) is 8.18. The van der Waals surface area contributed by atoms with Crippen molar-refractivity contribution in [2.45, 2.75) is 78.1 Å². The van der Waals surface area contributed by atoms with Crippen LogP contribution in [0.5, 0.6) is 0 Å². The number of piperidine rings is 1. The molecule has 1 rings (SSSR count). The van der Waals surface area contributed by atoms with Gasteiger partial charge < -0.3 is 14.1 Å². The fraction of sp³-hybridized carbons (Fsp3) is 0.944. The summed E-state index contributed by atoms with van der Waals surface area (Å²) in [6.07, 6.45) is 1.04. The number of amides is 1. The van der Waals surface area contributed by atoms with Crippen molar-refractivity contribution in [3.8, 4) is 0 Å². The quantitative estimate of drug-likeness (QED) is 0.643. The first kappa shape index (κ1) is 23.4. The third kappa shape index (κ3) is 7.56. The SMILES string of the molecule is CC(C)(C)OC(=O)N1CCC(CS(=O)(=O)CO[Si](C)(C)C(C)(C)C)CC1. The van der Waals surface area contributed by atoms with E-state index in [0.717, 1.165) is 0 Å². The standard InChI is InChI=1S/C18H37NO5SSi/c1-17(2,3)24-16(20)19-11-9-15(10-12-19)13-25(21,22)14-23-26(7,8)18(4,5)6/h15H,9-14H2,1-8H3. The maximum absolute atomic E-state index is 12.5. The summed E-state index contributed by atoms with van der Waals surface area (Å²) >= 11 is 0. The first-order valence-electron chi connectivity index (χ1n) is 9.35. The Bertz CT molecular complexity index is 582. The Morgan fingerprint density at radius 1 is 1.08 bits per heavy atom. The molecule has 1 saturated heterocycles. The van der Waals surface area contributed by atoms with Gasteiger partial charge in [0.1, 0.15) is 11.5 Å². The predicted octanol–water partition coefficient (Wildman–Crippen LogP) is 4.03. The molecule has 0 spiro atoms. The molecule has 0 aliphatic carbocycles. The summed E-state index contributed by atoms with van der Waals surface area (Å²) in [6.45, 7) is 17.0. The van der Waals surface area contributed by atoms with Crippen LogP contribution in [0.3, 0.4) is 0 Å². The van der Waals surface area contributed by atoms with Crippen LogP contribution in [0.15, 0.2) is 0 Å². The van der Waals surface area contributed by atoms with Crippen LogP contribution in [0.1, 0.15) is 54.4 Å². The van der Waals surface area contributed by atoms with Crippen molar-refractivity contribution >= 4 is 24.2 Å². The summed E-state index contributed by atoms with van der Waals surface area (Å²) in [5.41, 5.74) is -0.516. The summed E-state index contributed by atoms with van der Waals surface area (Å²) in [6, 6.07) is 0. The zero-order valence-corrected chi connectivity index (χ0v) is 19.5. The lowest BCUT2D eigenvalue weighted by Gasteiger charge is -2.36. The smallest absolute Gasteiger partial charge is 0.410 e. The lowest BCUT2D eigenvalue weighted by molar-refractivity contribution is 0.0191. The fourth-order valence-electron chi connectivity index (χ4n) is 2.47. The molecule has 0 bridgehead atoms. The first-order chi connectivity index (χ1) is 11.5. The maximum Gasteiger partial charge on any atom is 0.410 e. The molecule has 0 aromatic carbocycles. The summed E-state index contributed by atoms with van der Waals surface area (Å²) < 4.78 is 36.2. The largest absolute Gasteiger partial charge is 0.444 e. The van der Waals surface area contributed by atoms with Crippen LogP contribution in [0.2, 0.25) is 18.1 Å². The summed E-state index contributed by atoms with van der Waals surface area (Å²) in [4.78, 5) is 13.7. The van der Waals surface area contributed by atoms with E-state index in [0.29, 0.717) is 25.9 Å². The van der Waals surface area contributed by atoms with Crippen LogP contribution in [0.4, 0.5) is 4.79 Å². The molecule has 8 heteroatoms. The summed E-state index contributed by atoms with van der Waals surface area (Å²) in [5, 5.41) is -0.0126. The van der Waals surface area contributed by atoms with Gasteiger partial charge in [0.15, 0.2) is 18.2 Å². The number of carbonyl (C=O) groups is 1. The highest BCUT2D eigenvalue weighted by Crippen LogP contribution is 2.36. The van der Waals surface area contributed by atoms with E-state index < -0.39 is 23.8 Å². The Hall–Kier alpha value is -0.603. The molecule has 0 N–H and O–H groups in total. The Kier molecular flexibility index (Phi) is 7.38. The Morgan fingerprint density at radius 2 is 1.58 bits per heavy atom. The molecule has 1 aliphatic rings.